The van der Waals surface area contributed by atoms with E-state index < -0.39 is 0 Å². The number of hydrogen-bond acceptors (Lipinski definition) is 2. The SMILES string of the molecule is CN=C(NCCC1=CCOCC1)NCCc1c[nH]c2ccccc12.I. The summed E-state index contributed by atoms with van der Waals surface area (Å²) in [6.07, 6.45) is 7.35. The topological polar surface area (TPSA) is 61.4 Å². The van der Waals surface area contributed by atoms with Gasteiger partial charge in [0, 0.05) is 37.2 Å². The van der Waals surface area contributed by atoms with Gasteiger partial charge in [0.2, 0.25) is 0 Å². The van der Waals surface area contributed by atoms with E-state index in [1.54, 1.807) is 0 Å². The normalized spacial score (nSPS) is 14.8. The molecule has 3 rings (SSSR count). The molecule has 1 aromatic carbocycles. The first-order valence-electron chi connectivity index (χ1n) is 8.62. The molecule has 0 fully saturated rings. The van der Waals surface area contributed by atoms with E-state index in [4.69, 9.17) is 4.74 Å². The van der Waals surface area contributed by atoms with Crippen LogP contribution in [-0.4, -0.2) is 44.3 Å². The first kappa shape index (κ1) is 19.8. The molecular weight excluding hydrogens is 427 g/mol. The van der Waals surface area contributed by atoms with E-state index in [0.717, 1.165) is 51.5 Å². The number of nitrogens with one attached hydrogen (secondary N) is 3. The molecule has 0 radical (unpaired) electrons. The van der Waals surface area contributed by atoms with Gasteiger partial charge in [-0.15, -0.1) is 24.0 Å². The van der Waals surface area contributed by atoms with E-state index in [0.29, 0.717) is 0 Å². The molecule has 136 valence electrons. The maximum Gasteiger partial charge on any atom is 0.190 e. The second kappa shape index (κ2) is 10.5. The zero-order chi connectivity index (χ0) is 16.6. The number of hydrogen-bond donors (Lipinski definition) is 3. The number of para-hydroxylation sites is 1. The fourth-order valence-corrected chi connectivity index (χ4v) is 3.01. The summed E-state index contributed by atoms with van der Waals surface area (Å²) >= 11 is 0. The minimum absolute atomic E-state index is 0. The number of halogens is 1. The van der Waals surface area contributed by atoms with Crippen molar-refractivity contribution in [3.8, 4) is 0 Å². The van der Waals surface area contributed by atoms with Gasteiger partial charge in [-0.1, -0.05) is 29.8 Å². The number of rotatable bonds is 6. The zero-order valence-electron chi connectivity index (χ0n) is 14.7. The van der Waals surface area contributed by atoms with Crippen LogP contribution in [0.1, 0.15) is 18.4 Å². The average Bonchev–Trinajstić information content (AvgIpc) is 3.04. The molecule has 1 aliphatic heterocycles. The molecule has 2 heterocycles. The Hall–Kier alpha value is -1.54. The van der Waals surface area contributed by atoms with E-state index in [1.165, 1.54) is 22.0 Å². The van der Waals surface area contributed by atoms with Crippen LogP contribution in [0.3, 0.4) is 0 Å². The van der Waals surface area contributed by atoms with Crippen molar-refractivity contribution < 1.29 is 4.74 Å². The van der Waals surface area contributed by atoms with Crippen molar-refractivity contribution >= 4 is 40.8 Å². The lowest BCUT2D eigenvalue weighted by atomic mass is 10.1. The van der Waals surface area contributed by atoms with Gasteiger partial charge in [-0.05, 0) is 30.9 Å². The lowest BCUT2D eigenvalue weighted by Gasteiger charge is -2.15. The third-order valence-corrected chi connectivity index (χ3v) is 4.38. The fraction of sp³-hybridized carbons (Fsp3) is 0.421. The number of nitrogens with zero attached hydrogens (tertiary/aromatic N) is 1. The molecule has 1 aliphatic rings. The molecule has 0 saturated carbocycles. The number of aliphatic imine (C=N–C) groups is 1. The Morgan fingerprint density at radius 2 is 2.00 bits per heavy atom. The van der Waals surface area contributed by atoms with Crippen molar-refractivity contribution in [2.75, 3.05) is 33.4 Å². The smallest absolute Gasteiger partial charge is 0.190 e. The summed E-state index contributed by atoms with van der Waals surface area (Å²) in [6.45, 7) is 3.37. The van der Waals surface area contributed by atoms with Gasteiger partial charge in [-0.25, -0.2) is 0 Å². The summed E-state index contributed by atoms with van der Waals surface area (Å²) in [7, 11) is 1.81. The minimum atomic E-state index is 0. The highest BCUT2D eigenvalue weighted by atomic mass is 127. The molecule has 0 bridgehead atoms. The van der Waals surface area contributed by atoms with Crippen LogP contribution in [0.5, 0.6) is 0 Å². The van der Waals surface area contributed by atoms with E-state index in [2.05, 4.69) is 57.1 Å². The van der Waals surface area contributed by atoms with Crippen molar-refractivity contribution in [3.63, 3.8) is 0 Å². The zero-order valence-corrected chi connectivity index (χ0v) is 17.0. The summed E-state index contributed by atoms with van der Waals surface area (Å²) in [5, 5.41) is 8.07. The molecule has 0 aliphatic carbocycles. The largest absolute Gasteiger partial charge is 0.377 e. The molecule has 3 N–H and O–H groups in total. The molecule has 1 aromatic heterocycles. The van der Waals surface area contributed by atoms with Crippen LogP contribution in [0.25, 0.3) is 10.9 Å². The Bertz CT molecular complexity index is 723. The van der Waals surface area contributed by atoms with Crippen molar-refractivity contribution in [1.82, 2.24) is 15.6 Å². The van der Waals surface area contributed by atoms with E-state index in [9.17, 15) is 0 Å². The quantitative estimate of drug-likeness (QED) is 0.272. The fourth-order valence-electron chi connectivity index (χ4n) is 3.01. The van der Waals surface area contributed by atoms with Crippen LogP contribution in [0.15, 0.2) is 47.1 Å². The van der Waals surface area contributed by atoms with Gasteiger partial charge in [-0.3, -0.25) is 4.99 Å². The maximum absolute atomic E-state index is 5.33. The summed E-state index contributed by atoms with van der Waals surface area (Å²) in [6, 6.07) is 8.41. The van der Waals surface area contributed by atoms with Crippen molar-refractivity contribution in [2.45, 2.75) is 19.3 Å². The van der Waals surface area contributed by atoms with Crippen LogP contribution < -0.4 is 10.6 Å². The van der Waals surface area contributed by atoms with Gasteiger partial charge in [0.15, 0.2) is 5.96 Å². The number of guanidine groups is 1. The predicted molar refractivity (Wildman–Crippen MR) is 115 cm³/mol. The minimum Gasteiger partial charge on any atom is -0.377 e. The number of H-pyrrole nitrogens is 1. The number of fused-ring (bicyclic) bond motifs is 1. The molecule has 25 heavy (non-hydrogen) atoms. The third kappa shape index (κ3) is 5.74. The lowest BCUT2D eigenvalue weighted by Crippen LogP contribution is -2.38. The molecule has 5 nitrogen and oxygen atoms in total. The Morgan fingerprint density at radius 3 is 2.76 bits per heavy atom. The van der Waals surface area contributed by atoms with Crippen molar-refractivity contribution in [1.29, 1.82) is 0 Å². The predicted octanol–water partition coefficient (Wildman–Crippen LogP) is 3.23. The van der Waals surface area contributed by atoms with Gasteiger partial charge in [0.25, 0.3) is 0 Å². The summed E-state index contributed by atoms with van der Waals surface area (Å²) in [5.41, 5.74) is 4.00. The van der Waals surface area contributed by atoms with Gasteiger partial charge in [-0.2, -0.15) is 0 Å². The highest BCUT2D eigenvalue weighted by Crippen LogP contribution is 2.17. The Labute approximate surface area is 166 Å². The summed E-state index contributed by atoms with van der Waals surface area (Å²) in [5.74, 6) is 0.863. The molecule has 0 atom stereocenters. The Morgan fingerprint density at radius 1 is 1.20 bits per heavy atom. The van der Waals surface area contributed by atoms with Crippen molar-refractivity contribution in [3.05, 3.63) is 47.7 Å². The van der Waals surface area contributed by atoms with Gasteiger partial charge in [0.1, 0.15) is 0 Å². The Balaban J connectivity index is 0.00000225. The van der Waals surface area contributed by atoms with Crippen LogP contribution in [-0.2, 0) is 11.2 Å². The van der Waals surface area contributed by atoms with Gasteiger partial charge < -0.3 is 20.4 Å². The second-order valence-electron chi connectivity index (χ2n) is 5.97. The lowest BCUT2D eigenvalue weighted by molar-refractivity contribution is 0.153. The first-order chi connectivity index (χ1) is 11.9. The highest BCUT2D eigenvalue weighted by molar-refractivity contribution is 14.0. The number of aromatic nitrogens is 1. The van der Waals surface area contributed by atoms with Crippen molar-refractivity contribution in [2.24, 2.45) is 4.99 Å². The first-order valence-corrected chi connectivity index (χ1v) is 8.62. The molecular formula is C19H27IN4O. The number of ether oxygens (including phenoxy) is 1. The summed E-state index contributed by atoms with van der Waals surface area (Å²) in [4.78, 5) is 7.62. The van der Waals surface area contributed by atoms with Gasteiger partial charge in [0.05, 0.1) is 13.2 Å². The standard InChI is InChI=1S/C19H26N4O.HI/c1-20-19(21-10-6-15-8-12-24-13-9-15)22-11-7-16-14-23-18-5-3-2-4-17(16)18;/h2-5,8,14,23H,6-7,9-13H2,1H3,(H2,20,21,22);1H. The number of aromatic amines is 1. The van der Waals surface area contributed by atoms with E-state index in [1.807, 2.05) is 7.05 Å². The second-order valence-corrected chi connectivity index (χ2v) is 5.97. The monoisotopic (exact) mass is 454 g/mol. The van der Waals surface area contributed by atoms with Crippen LogP contribution >= 0.6 is 24.0 Å². The molecule has 0 amide bonds. The molecule has 6 heteroatoms. The molecule has 0 unspecified atom stereocenters. The maximum atomic E-state index is 5.33. The third-order valence-electron chi connectivity index (χ3n) is 4.38. The van der Waals surface area contributed by atoms with E-state index in [-0.39, 0.29) is 24.0 Å². The summed E-state index contributed by atoms with van der Waals surface area (Å²) < 4.78 is 5.33. The van der Waals surface area contributed by atoms with E-state index >= 15 is 0 Å². The average molecular weight is 454 g/mol. The Kier molecular flexibility index (Phi) is 8.27. The van der Waals surface area contributed by atoms with Crippen LogP contribution in [0.2, 0.25) is 0 Å². The molecule has 2 aromatic rings. The molecule has 0 saturated heterocycles. The van der Waals surface area contributed by atoms with Crippen LogP contribution in [0.4, 0.5) is 0 Å². The number of benzene rings is 1. The van der Waals surface area contributed by atoms with Gasteiger partial charge >= 0.3 is 0 Å². The van der Waals surface area contributed by atoms with Crippen LogP contribution in [0, 0.1) is 0 Å². The highest BCUT2D eigenvalue weighted by Gasteiger charge is 2.05. The molecule has 0 spiro atoms.